The van der Waals surface area contributed by atoms with Gasteiger partial charge in [0, 0.05) is 18.1 Å². The predicted molar refractivity (Wildman–Crippen MR) is 96.9 cm³/mol. The van der Waals surface area contributed by atoms with Crippen molar-refractivity contribution in [1.29, 1.82) is 0 Å². The van der Waals surface area contributed by atoms with E-state index in [1.807, 2.05) is 0 Å². The number of carbonyl (C=O) groups excluding carboxylic acids is 2. The number of pyridine rings is 1. The van der Waals surface area contributed by atoms with Crippen LogP contribution in [0.25, 0.3) is 5.65 Å². The van der Waals surface area contributed by atoms with Gasteiger partial charge in [0.05, 0.1) is 22.8 Å². The Morgan fingerprint density at radius 3 is 2.61 bits per heavy atom. The number of alkyl halides is 3. The molecule has 28 heavy (non-hydrogen) atoms. The summed E-state index contributed by atoms with van der Waals surface area (Å²) in [5, 5.41) is 5.04. The molecule has 0 atom stereocenters. The number of benzene rings is 1. The molecule has 0 aliphatic carbocycles. The molecule has 0 aliphatic rings. The lowest BCUT2D eigenvalue weighted by Crippen LogP contribution is -2.35. The van der Waals surface area contributed by atoms with Crippen LogP contribution >= 0.6 is 11.6 Å². The molecule has 1 aromatic carbocycles. The minimum absolute atomic E-state index is 0.0157. The third-order valence-corrected chi connectivity index (χ3v) is 4.13. The average molecular weight is 411 g/mol. The van der Waals surface area contributed by atoms with Crippen LogP contribution in [0.4, 0.5) is 18.9 Å². The fourth-order valence-electron chi connectivity index (χ4n) is 2.55. The fraction of sp³-hybridized carbons (Fsp3) is 0.167. The first-order valence-electron chi connectivity index (χ1n) is 8.03. The van der Waals surface area contributed by atoms with Crippen molar-refractivity contribution in [3.63, 3.8) is 0 Å². The number of anilines is 1. The Morgan fingerprint density at radius 1 is 1.14 bits per heavy atom. The van der Waals surface area contributed by atoms with E-state index in [1.54, 1.807) is 28.9 Å². The van der Waals surface area contributed by atoms with Gasteiger partial charge in [-0.05, 0) is 36.8 Å². The zero-order chi connectivity index (χ0) is 20.5. The minimum Gasteiger partial charge on any atom is -0.342 e. The number of hydrogen-bond donors (Lipinski definition) is 2. The summed E-state index contributed by atoms with van der Waals surface area (Å²) in [5.74, 6) is -2.08. The molecule has 0 radical (unpaired) electrons. The summed E-state index contributed by atoms with van der Waals surface area (Å²) in [7, 11) is 0. The molecule has 0 aliphatic heterocycles. The number of halogens is 4. The van der Waals surface area contributed by atoms with Crippen LogP contribution in [0.15, 0.2) is 42.7 Å². The van der Waals surface area contributed by atoms with E-state index in [4.69, 9.17) is 11.6 Å². The molecule has 10 heteroatoms. The van der Waals surface area contributed by atoms with E-state index < -0.39 is 23.6 Å². The van der Waals surface area contributed by atoms with Crippen molar-refractivity contribution in [1.82, 2.24) is 14.7 Å². The topological polar surface area (TPSA) is 75.5 Å². The number of imidazole rings is 1. The number of aromatic nitrogens is 2. The largest absolute Gasteiger partial charge is 0.416 e. The molecule has 0 saturated carbocycles. The second-order valence-electron chi connectivity index (χ2n) is 6.01. The van der Waals surface area contributed by atoms with E-state index in [9.17, 15) is 22.8 Å². The maximum Gasteiger partial charge on any atom is 0.416 e. The second-order valence-corrected chi connectivity index (χ2v) is 6.45. The highest BCUT2D eigenvalue weighted by molar-refractivity contribution is 6.39. The molecule has 0 spiro atoms. The van der Waals surface area contributed by atoms with E-state index in [2.05, 4.69) is 15.6 Å². The van der Waals surface area contributed by atoms with Crippen LogP contribution in [0, 0.1) is 6.92 Å². The Labute approximate surface area is 162 Å². The van der Waals surface area contributed by atoms with Gasteiger partial charge < -0.3 is 15.0 Å². The predicted octanol–water partition coefficient (Wildman–Crippen LogP) is 3.57. The summed E-state index contributed by atoms with van der Waals surface area (Å²) in [5.41, 5.74) is 0.104. The lowest BCUT2D eigenvalue weighted by molar-refractivity contribution is -0.138. The van der Waals surface area contributed by atoms with Gasteiger partial charge in [-0.15, -0.1) is 0 Å². The van der Waals surface area contributed by atoms with Gasteiger partial charge in [-0.1, -0.05) is 17.7 Å². The number of fused-ring (bicyclic) bond motifs is 1. The van der Waals surface area contributed by atoms with Crippen LogP contribution in [0.3, 0.4) is 0 Å². The molecule has 0 fully saturated rings. The Kier molecular flexibility index (Phi) is 5.28. The maximum absolute atomic E-state index is 12.9. The highest BCUT2D eigenvalue weighted by Gasteiger charge is 2.32. The van der Waals surface area contributed by atoms with E-state index >= 15 is 0 Å². The van der Waals surface area contributed by atoms with Gasteiger partial charge in [0.1, 0.15) is 5.65 Å². The monoisotopic (exact) mass is 410 g/mol. The van der Waals surface area contributed by atoms with Crippen LogP contribution in [-0.4, -0.2) is 21.2 Å². The molecule has 0 unspecified atom stereocenters. The van der Waals surface area contributed by atoms with E-state index in [0.29, 0.717) is 16.4 Å². The highest BCUT2D eigenvalue weighted by Crippen LogP contribution is 2.33. The second kappa shape index (κ2) is 7.51. The van der Waals surface area contributed by atoms with Gasteiger partial charge in [0.15, 0.2) is 0 Å². The number of hydrogen-bond acceptors (Lipinski definition) is 3. The lowest BCUT2D eigenvalue weighted by Gasteiger charge is -2.12. The summed E-state index contributed by atoms with van der Waals surface area (Å²) in [6, 6.07) is 6.65. The Hall–Kier alpha value is -3.07. The third kappa shape index (κ3) is 4.42. The van der Waals surface area contributed by atoms with Crippen LogP contribution in [-0.2, 0) is 22.3 Å². The molecule has 6 nitrogen and oxygen atoms in total. The smallest absolute Gasteiger partial charge is 0.342 e. The average Bonchev–Trinajstić information content (AvgIpc) is 3.02. The van der Waals surface area contributed by atoms with Crippen LogP contribution in [0.1, 0.15) is 16.8 Å². The van der Waals surface area contributed by atoms with Crippen LogP contribution < -0.4 is 10.6 Å². The Morgan fingerprint density at radius 2 is 1.89 bits per heavy atom. The molecule has 3 aromatic rings. The van der Waals surface area contributed by atoms with E-state index in [-0.39, 0.29) is 17.8 Å². The SMILES string of the molecule is Cc1ccc(NC(=O)C(=O)NCc2cn3cc(Cl)ccc3n2)cc1C(F)(F)F. The lowest BCUT2D eigenvalue weighted by atomic mass is 10.1. The first-order chi connectivity index (χ1) is 13.1. The summed E-state index contributed by atoms with van der Waals surface area (Å²) >= 11 is 5.88. The van der Waals surface area contributed by atoms with E-state index in [1.165, 1.54) is 19.1 Å². The van der Waals surface area contributed by atoms with Gasteiger partial charge in [-0.3, -0.25) is 9.59 Å². The fourth-order valence-corrected chi connectivity index (χ4v) is 2.71. The van der Waals surface area contributed by atoms with Crippen LogP contribution in [0.2, 0.25) is 5.02 Å². The zero-order valence-electron chi connectivity index (χ0n) is 14.5. The van der Waals surface area contributed by atoms with Gasteiger partial charge in [0.25, 0.3) is 0 Å². The molecule has 2 aromatic heterocycles. The number of nitrogens with zero attached hydrogens (tertiary/aromatic N) is 2. The number of rotatable bonds is 3. The van der Waals surface area contributed by atoms with Gasteiger partial charge in [-0.25, -0.2) is 4.98 Å². The summed E-state index contributed by atoms with van der Waals surface area (Å²) in [6.45, 7) is 1.27. The standard InChI is InChI=1S/C18H14ClF3N4O2/c1-10-2-4-12(6-14(10)18(20,21)22)25-17(28)16(27)23-7-13-9-26-8-11(19)3-5-15(26)24-13/h2-6,8-9H,7H2,1H3,(H,23,27)(H,25,28). The number of aryl methyl sites for hydroxylation is 1. The number of amides is 2. The molecule has 0 bridgehead atoms. The highest BCUT2D eigenvalue weighted by atomic mass is 35.5. The van der Waals surface area contributed by atoms with Crippen molar-refractivity contribution in [2.24, 2.45) is 0 Å². The summed E-state index contributed by atoms with van der Waals surface area (Å²) < 4.78 is 40.5. The van der Waals surface area contributed by atoms with Crippen molar-refractivity contribution >= 4 is 34.7 Å². The molecule has 3 rings (SSSR count). The minimum atomic E-state index is -4.56. The first kappa shape index (κ1) is 19.7. The van der Waals surface area contributed by atoms with E-state index in [0.717, 1.165) is 6.07 Å². The number of carbonyl (C=O) groups is 2. The van der Waals surface area contributed by atoms with Crippen molar-refractivity contribution < 1.29 is 22.8 Å². The molecular formula is C18H14ClF3N4O2. The zero-order valence-corrected chi connectivity index (χ0v) is 15.2. The molecule has 2 heterocycles. The van der Waals surface area contributed by atoms with Gasteiger partial charge in [-0.2, -0.15) is 13.2 Å². The van der Waals surface area contributed by atoms with Crippen molar-refractivity contribution in [2.75, 3.05) is 5.32 Å². The molecule has 2 amide bonds. The Balaban J connectivity index is 1.63. The van der Waals surface area contributed by atoms with Gasteiger partial charge in [0.2, 0.25) is 0 Å². The van der Waals surface area contributed by atoms with Crippen molar-refractivity contribution in [3.05, 3.63) is 64.6 Å². The Bertz CT molecular complexity index is 1060. The van der Waals surface area contributed by atoms with Gasteiger partial charge >= 0.3 is 18.0 Å². The maximum atomic E-state index is 12.9. The third-order valence-electron chi connectivity index (χ3n) is 3.90. The molecule has 146 valence electrons. The molecule has 2 N–H and O–H groups in total. The van der Waals surface area contributed by atoms with Crippen molar-refractivity contribution in [3.8, 4) is 0 Å². The quantitative estimate of drug-likeness (QED) is 0.648. The molecular weight excluding hydrogens is 397 g/mol. The number of nitrogens with one attached hydrogen (secondary N) is 2. The molecule has 0 saturated heterocycles. The first-order valence-corrected chi connectivity index (χ1v) is 8.41. The van der Waals surface area contributed by atoms with Crippen LogP contribution in [0.5, 0.6) is 0 Å². The normalized spacial score (nSPS) is 11.5. The summed E-state index contributed by atoms with van der Waals surface area (Å²) in [6.07, 6.45) is -1.29. The summed E-state index contributed by atoms with van der Waals surface area (Å²) in [4.78, 5) is 28.1. The van der Waals surface area contributed by atoms with Crippen molar-refractivity contribution in [2.45, 2.75) is 19.6 Å².